The van der Waals surface area contributed by atoms with E-state index in [4.69, 9.17) is 10.2 Å². The van der Waals surface area contributed by atoms with Gasteiger partial charge in [0.1, 0.15) is 5.76 Å². The minimum atomic E-state index is 0.500. The van der Waals surface area contributed by atoms with Gasteiger partial charge in [0.05, 0.1) is 12.8 Å². The highest BCUT2D eigenvalue weighted by Crippen LogP contribution is 2.20. The van der Waals surface area contributed by atoms with Crippen LogP contribution in [0.3, 0.4) is 0 Å². The Labute approximate surface area is 95.0 Å². The van der Waals surface area contributed by atoms with E-state index in [9.17, 15) is 0 Å². The molecule has 1 aliphatic rings. The second-order valence-electron chi connectivity index (χ2n) is 3.99. The molecule has 3 nitrogen and oxygen atoms in total. The molecule has 1 aliphatic heterocycles. The van der Waals surface area contributed by atoms with Crippen molar-refractivity contribution in [1.29, 1.82) is 0 Å². The van der Waals surface area contributed by atoms with Crippen molar-refractivity contribution < 1.29 is 4.42 Å². The van der Waals surface area contributed by atoms with E-state index < -0.39 is 0 Å². The Morgan fingerprint density at radius 2 is 2.53 bits per heavy atom. The van der Waals surface area contributed by atoms with Crippen LogP contribution in [0.25, 0.3) is 0 Å². The van der Waals surface area contributed by atoms with Crippen LogP contribution in [0, 0.1) is 0 Å². The molecule has 15 heavy (non-hydrogen) atoms. The second-order valence-corrected chi connectivity index (χ2v) is 5.54. The van der Waals surface area contributed by atoms with Gasteiger partial charge in [0.15, 0.2) is 0 Å². The van der Waals surface area contributed by atoms with Crippen LogP contribution < -0.4 is 5.73 Å². The lowest BCUT2D eigenvalue weighted by atomic mass is 10.2. The molecular formula is C11H18N2OS. The molecule has 0 radical (unpaired) electrons. The molecule has 0 aliphatic carbocycles. The van der Waals surface area contributed by atoms with Crippen LogP contribution in [-0.4, -0.2) is 29.0 Å². The van der Waals surface area contributed by atoms with Gasteiger partial charge in [-0.1, -0.05) is 6.92 Å². The SMILES string of the molecule is CC1CN(Cc2ccoc2CN)CCS1. The van der Waals surface area contributed by atoms with Gasteiger partial charge in [0.2, 0.25) is 0 Å². The molecule has 0 spiro atoms. The van der Waals surface area contributed by atoms with E-state index in [2.05, 4.69) is 23.6 Å². The van der Waals surface area contributed by atoms with Crippen LogP contribution >= 0.6 is 11.8 Å². The molecule has 1 saturated heterocycles. The summed E-state index contributed by atoms with van der Waals surface area (Å²) in [5.74, 6) is 2.16. The average Bonchev–Trinajstić information content (AvgIpc) is 2.65. The lowest BCUT2D eigenvalue weighted by molar-refractivity contribution is 0.276. The molecule has 0 saturated carbocycles. The second kappa shape index (κ2) is 5.05. The molecule has 4 heteroatoms. The Balaban J connectivity index is 1.96. The fraction of sp³-hybridized carbons (Fsp3) is 0.636. The minimum Gasteiger partial charge on any atom is -0.468 e. The fourth-order valence-electron chi connectivity index (χ4n) is 1.96. The van der Waals surface area contributed by atoms with E-state index in [0.717, 1.165) is 17.6 Å². The Kier molecular flexibility index (Phi) is 3.72. The molecule has 1 unspecified atom stereocenters. The maximum Gasteiger partial charge on any atom is 0.121 e. The lowest BCUT2D eigenvalue weighted by Gasteiger charge is -2.30. The summed E-state index contributed by atoms with van der Waals surface area (Å²) in [4.78, 5) is 2.48. The summed E-state index contributed by atoms with van der Waals surface area (Å²) in [6.45, 7) is 6.11. The van der Waals surface area contributed by atoms with Gasteiger partial charge in [0.25, 0.3) is 0 Å². The van der Waals surface area contributed by atoms with Crippen LogP contribution in [0.1, 0.15) is 18.2 Å². The van der Waals surface area contributed by atoms with Crippen molar-refractivity contribution >= 4 is 11.8 Å². The molecule has 0 bridgehead atoms. The number of nitrogens with zero attached hydrogens (tertiary/aromatic N) is 1. The first-order valence-electron chi connectivity index (χ1n) is 5.39. The lowest BCUT2D eigenvalue weighted by Crippen LogP contribution is -2.36. The maximum absolute atomic E-state index is 5.61. The van der Waals surface area contributed by atoms with Crippen molar-refractivity contribution in [3.05, 3.63) is 23.7 Å². The van der Waals surface area contributed by atoms with Gasteiger partial charge in [-0.25, -0.2) is 0 Å². The molecule has 0 amide bonds. The summed E-state index contributed by atoms with van der Waals surface area (Å²) in [5.41, 5.74) is 6.86. The predicted octanol–water partition coefficient (Wildman–Crippen LogP) is 1.68. The smallest absolute Gasteiger partial charge is 0.121 e. The first-order chi connectivity index (χ1) is 7.29. The van der Waals surface area contributed by atoms with Gasteiger partial charge >= 0.3 is 0 Å². The van der Waals surface area contributed by atoms with Gasteiger partial charge in [-0.3, -0.25) is 4.90 Å². The van der Waals surface area contributed by atoms with E-state index in [0.29, 0.717) is 6.54 Å². The first kappa shape index (κ1) is 11.0. The maximum atomic E-state index is 5.61. The number of rotatable bonds is 3. The molecule has 2 N–H and O–H groups in total. The third kappa shape index (κ3) is 2.77. The summed E-state index contributed by atoms with van der Waals surface area (Å²) in [5, 5.41) is 0.743. The highest BCUT2D eigenvalue weighted by molar-refractivity contribution is 7.99. The number of thioether (sulfide) groups is 1. The molecule has 2 rings (SSSR count). The van der Waals surface area contributed by atoms with Crippen molar-refractivity contribution in [2.75, 3.05) is 18.8 Å². The van der Waals surface area contributed by atoms with Crippen molar-refractivity contribution in [2.24, 2.45) is 5.73 Å². The highest BCUT2D eigenvalue weighted by atomic mass is 32.2. The van der Waals surface area contributed by atoms with Crippen LogP contribution in [0.5, 0.6) is 0 Å². The Morgan fingerprint density at radius 3 is 3.27 bits per heavy atom. The Hall–Kier alpha value is -0.450. The zero-order valence-electron chi connectivity index (χ0n) is 9.11. The summed E-state index contributed by atoms with van der Waals surface area (Å²) in [6, 6.07) is 2.04. The molecule has 1 aromatic heterocycles. The molecule has 1 aromatic rings. The van der Waals surface area contributed by atoms with Crippen molar-refractivity contribution in [2.45, 2.75) is 25.3 Å². The molecular weight excluding hydrogens is 208 g/mol. The third-order valence-electron chi connectivity index (χ3n) is 2.74. The summed E-state index contributed by atoms with van der Waals surface area (Å²) < 4.78 is 5.33. The largest absolute Gasteiger partial charge is 0.468 e. The summed E-state index contributed by atoms with van der Waals surface area (Å²) >= 11 is 2.05. The number of hydrogen-bond acceptors (Lipinski definition) is 4. The van der Waals surface area contributed by atoms with Crippen molar-refractivity contribution in [3.63, 3.8) is 0 Å². The Morgan fingerprint density at radius 1 is 1.67 bits per heavy atom. The molecule has 2 heterocycles. The van der Waals surface area contributed by atoms with Crippen LogP contribution in [-0.2, 0) is 13.1 Å². The monoisotopic (exact) mass is 226 g/mol. The Bertz CT molecular complexity index is 313. The molecule has 84 valence electrons. The van der Waals surface area contributed by atoms with E-state index in [-0.39, 0.29) is 0 Å². The van der Waals surface area contributed by atoms with E-state index in [1.807, 2.05) is 6.07 Å². The predicted molar refractivity (Wildman–Crippen MR) is 63.8 cm³/mol. The van der Waals surface area contributed by atoms with E-state index in [1.165, 1.54) is 24.4 Å². The van der Waals surface area contributed by atoms with Crippen LogP contribution in [0.2, 0.25) is 0 Å². The highest BCUT2D eigenvalue weighted by Gasteiger charge is 2.18. The number of nitrogens with two attached hydrogens (primary N) is 1. The zero-order chi connectivity index (χ0) is 10.7. The summed E-state index contributed by atoms with van der Waals surface area (Å²) in [7, 11) is 0. The third-order valence-corrected chi connectivity index (χ3v) is 3.88. The quantitative estimate of drug-likeness (QED) is 0.851. The number of hydrogen-bond donors (Lipinski definition) is 1. The van der Waals surface area contributed by atoms with Crippen LogP contribution in [0.4, 0.5) is 0 Å². The standard InChI is InChI=1S/C11H18N2OS/c1-9-7-13(3-5-15-9)8-10-2-4-14-11(10)6-12/h2,4,9H,3,5-8,12H2,1H3. The zero-order valence-corrected chi connectivity index (χ0v) is 9.93. The van der Waals surface area contributed by atoms with Gasteiger partial charge in [-0.15, -0.1) is 0 Å². The molecule has 1 fully saturated rings. The topological polar surface area (TPSA) is 42.4 Å². The normalized spacial score (nSPS) is 23.2. The fourth-order valence-corrected chi connectivity index (χ4v) is 3.04. The minimum absolute atomic E-state index is 0.500. The average molecular weight is 226 g/mol. The van der Waals surface area contributed by atoms with Gasteiger partial charge < -0.3 is 10.2 Å². The van der Waals surface area contributed by atoms with Gasteiger partial charge in [0, 0.05) is 36.2 Å². The number of furan rings is 1. The molecule has 1 atom stereocenters. The van der Waals surface area contributed by atoms with E-state index >= 15 is 0 Å². The van der Waals surface area contributed by atoms with Crippen molar-refractivity contribution in [3.8, 4) is 0 Å². The first-order valence-corrected chi connectivity index (χ1v) is 6.43. The molecule has 0 aromatic carbocycles. The van der Waals surface area contributed by atoms with Crippen LogP contribution in [0.15, 0.2) is 16.7 Å². The van der Waals surface area contributed by atoms with Gasteiger partial charge in [-0.05, 0) is 6.07 Å². The van der Waals surface area contributed by atoms with Crippen molar-refractivity contribution in [1.82, 2.24) is 4.90 Å². The van der Waals surface area contributed by atoms with Gasteiger partial charge in [-0.2, -0.15) is 11.8 Å². The summed E-state index contributed by atoms with van der Waals surface area (Å²) in [6.07, 6.45) is 1.74. The van der Waals surface area contributed by atoms with E-state index in [1.54, 1.807) is 6.26 Å².